The lowest BCUT2D eigenvalue weighted by Gasteiger charge is -2.15. The minimum Gasteiger partial charge on any atom is -0.469 e. The first-order valence-electron chi connectivity index (χ1n) is 5.63. The Hall–Kier alpha value is -1.48. The molecule has 0 aliphatic carbocycles. The molecule has 1 N–H and O–H groups in total. The van der Waals surface area contributed by atoms with Gasteiger partial charge in [0, 0.05) is 5.56 Å². The molecular weight excluding hydrogens is 202 g/mol. The van der Waals surface area contributed by atoms with Crippen LogP contribution in [0, 0.1) is 6.92 Å². The van der Waals surface area contributed by atoms with Crippen molar-refractivity contribution in [2.24, 2.45) is 0 Å². The van der Waals surface area contributed by atoms with E-state index >= 15 is 0 Å². The van der Waals surface area contributed by atoms with Crippen LogP contribution in [0.1, 0.15) is 36.5 Å². The van der Waals surface area contributed by atoms with Gasteiger partial charge in [0.1, 0.15) is 11.5 Å². The normalized spacial score (nSPS) is 12.9. The van der Waals surface area contributed by atoms with Crippen LogP contribution < -0.4 is 5.32 Å². The van der Waals surface area contributed by atoms with E-state index in [1.165, 1.54) is 0 Å². The van der Waals surface area contributed by atoms with Crippen molar-refractivity contribution in [3.05, 3.63) is 47.8 Å². The molecular formula is C13H17NO2. The highest BCUT2D eigenvalue weighted by Gasteiger charge is 2.19. The van der Waals surface area contributed by atoms with Gasteiger partial charge in [-0.1, -0.05) is 6.92 Å². The van der Waals surface area contributed by atoms with Crippen LogP contribution in [0.2, 0.25) is 0 Å². The summed E-state index contributed by atoms with van der Waals surface area (Å²) in [7, 11) is 0. The summed E-state index contributed by atoms with van der Waals surface area (Å²) < 4.78 is 10.8. The van der Waals surface area contributed by atoms with Gasteiger partial charge in [0.25, 0.3) is 0 Å². The van der Waals surface area contributed by atoms with Crippen molar-refractivity contribution in [1.82, 2.24) is 5.32 Å². The topological polar surface area (TPSA) is 38.3 Å². The van der Waals surface area contributed by atoms with Crippen molar-refractivity contribution in [1.29, 1.82) is 0 Å². The van der Waals surface area contributed by atoms with E-state index < -0.39 is 0 Å². The lowest BCUT2D eigenvalue weighted by molar-refractivity contribution is 0.439. The zero-order chi connectivity index (χ0) is 11.4. The summed E-state index contributed by atoms with van der Waals surface area (Å²) in [5, 5.41) is 3.46. The highest BCUT2D eigenvalue weighted by atomic mass is 16.3. The molecule has 0 aliphatic heterocycles. The molecule has 0 radical (unpaired) electrons. The summed E-state index contributed by atoms with van der Waals surface area (Å²) in [6.45, 7) is 5.07. The van der Waals surface area contributed by atoms with Gasteiger partial charge in [-0.3, -0.25) is 0 Å². The van der Waals surface area contributed by atoms with Crippen LogP contribution in [-0.4, -0.2) is 6.54 Å². The third-order valence-electron chi connectivity index (χ3n) is 2.64. The Morgan fingerprint density at radius 3 is 2.69 bits per heavy atom. The average molecular weight is 219 g/mol. The first-order chi connectivity index (χ1) is 7.83. The van der Waals surface area contributed by atoms with E-state index in [1.807, 2.05) is 25.1 Å². The van der Waals surface area contributed by atoms with Crippen LogP contribution in [0.4, 0.5) is 0 Å². The maximum absolute atomic E-state index is 5.47. The average Bonchev–Trinajstić information content (AvgIpc) is 2.91. The first-order valence-corrected chi connectivity index (χ1v) is 5.63. The lowest BCUT2D eigenvalue weighted by atomic mass is 10.1. The summed E-state index contributed by atoms with van der Waals surface area (Å²) in [4.78, 5) is 0. The highest BCUT2D eigenvalue weighted by molar-refractivity contribution is 5.27. The third-order valence-corrected chi connectivity index (χ3v) is 2.64. The van der Waals surface area contributed by atoms with Gasteiger partial charge in [-0.25, -0.2) is 0 Å². The SMILES string of the molecule is CCCNC(c1ccco1)c1ccoc1C. The van der Waals surface area contributed by atoms with Crippen molar-refractivity contribution in [3.8, 4) is 0 Å². The van der Waals surface area contributed by atoms with E-state index in [9.17, 15) is 0 Å². The number of rotatable bonds is 5. The second-order valence-electron chi connectivity index (χ2n) is 3.83. The molecule has 86 valence electrons. The van der Waals surface area contributed by atoms with Gasteiger partial charge >= 0.3 is 0 Å². The van der Waals surface area contributed by atoms with Crippen molar-refractivity contribution in [2.75, 3.05) is 6.54 Å². The van der Waals surface area contributed by atoms with Gasteiger partial charge in [0.2, 0.25) is 0 Å². The standard InChI is InChI=1S/C13H17NO2/c1-3-7-14-13(12-5-4-8-16-12)11-6-9-15-10(11)2/h4-6,8-9,13-14H,3,7H2,1-2H3. The van der Waals surface area contributed by atoms with Gasteiger partial charge in [-0.05, 0) is 38.1 Å². The van der Waals surface area contributed by atoms with Gasteiger partial charge in [0.05, 0.1) is 18.6 Å². The summed E-state index contributed by atoms with van der Waals surface area (Å²) in [5.74, 6) is 1.86. The molecule has 0 saturated carbocycles. The van der Waals surface area contributed by atoms with E-state index in [2.05, 4.69) is 12.2 Å². The molecule has 2 aromatic heterocycles. The van der Waals surface area contributed by atoms with E-state index in [0.29, 0.717) is 0 Å². The van der Waals surface area contributed by atoms with Gasteiger partial charge in [-0.15, -0.1) is 0 Å². The predicted octanol–water partition coefficient (Wildman–Crippen LogP) is 3.27. The number of nitrogens with one attached hydrogen (secondary N) is 1. The second-order valence-corrected chi connectivity index (χ2v) is 3.83. The van der Waals surface area contributed by atoms with Gasteiger partial charge in [-0.2, -0.15) is 0 Å². The number of aryl methyl sites for hydroxylation is 1. The molecule has 0 aromatic carbocycles. The zero-order valence-corrected chi connectivity index (χ0v) is 9.69. The van der Waals surface area contributed by atoms with Crippen molar-refractivity contribution >= 4 is 0 Å². The molecule has 0 fully saturated rings. The van der Waals surface area contributed by atoms with Crippen LogP contribution in [0.15, 0.2) is 39.6 Å². The molecule has 0 aliphatic rings. The number of hydrogen-bond donors (Lipinski definition) is 1. The van der Waals surface area contributed by atoms with Crippen molar-refractivity contribution in [2.45, 2.75) is 26.3 Å². The fraction of sp³-hybridized carbons (Fsp3) is 0.385. The molecule has 3 heteroatoms. The molecule has 0 amide bonds. The molecule has 3 nitrogen and oxygen atoms in total. The monoisotopic (exact) mass is 219 g/mol. The van der Waals surface area contributed by atoms with E-state index in [0.717, 1.165) is 30.0 Å². The smallest absolute Gasteiger partial charge is 0.125 e. The summed E-state index contributed by atoms with van der Waals surface area (Å²) >= 11 is 0. The maximum Gasteiger partial charge on any atom is 0.125 e. The molecule has 16 heavy (non-hydrogen) atoms. The fourth-order valence-electron chi connectivity index (χ4n) is 1.80. The maximum atomic E-state index is 5.47. The predicted molar refractivity (Wildman–Crippen MR) is 62.3 cm³/mol. The first kappa shape index (κ1) is 11.0. The number of hydrogen-bond acceptors (Lipinski definition) is 3. The van der Waals surface area contributed by atoms with E-state index in [-0.39, 0.29) is 6.04 Å². The van der Waals surface area contributed by atoms with Crippen LogP contribution in [0.25, 0.3) is 0 Å². The highest BCUT2D eigenvalue weighted by Crippen LogP contribution is 2.25. The Bertz CT molecular complexity index is 417. The van der Waals surface area contributed by atoms with Gasteiger partial charge in [0.15, 0.2) is 0 Å². The Balaban J connectivity index is 2.25. The minimum absolute atomic E-state index is 0.0914. The zero-order valence-electron chi connectivity index (χ0n) is 9.69. The summed E-state index contributed by atoms with van der Waals surface area (Å²) in [5.41, 5.74) is 1.14. The molecule has 2 heterocycles. The Morgan fingerprint density at radius 2 is 2.12 bits per heavy atom. The minimum atomic E-state index is 0.0914. The molecule has 1 atom stereocenters. The van der Waals surface area contributed by atoms with Crippen molar-refractivity contribution in [3.63, 3.8) is 0 Å². The largest absolute Gasteiger partial charge is 0.469 e. The molecule has 1 unspecified atom stereocenters. The Kier molecular flexibility index (Phi) is 3.47. The lowest BCUT2D eigenvalue weighted by Crippen LogP contribution is -2.22. The van der Waals surface area contributed by atoms with Crippen LogP contribution in [0.3, 0.4) is 0 Å². The third kappa shape index (κ3) is 2.19. The van der Waals surface area contributed by atoms with Gasteiger partial charge < -0.3 is 14.2 Å². The summed E-state index contributed by atoms with van der Waals surface area (Å²) in [6.07, 6.45) is 4.51. The van der Waals surface area contributed by atoms with E-state index in [4.69, 9.17) is 8.83 Å². The molecule has 0 bridgehead atoms. The van der Waals surface area contributed by atoms with Crippen LogP contribution in [0.5, 0.6) is 0 Å². The van der Waals surface area contributed by atoms with Crippen molar-refractivity contribution < 1.29 is 8.83 Å². The van der Waals surface area contributed by atoms with Crippen LogP contribution in [-0.2, 0) is 0 Å². The molecule has 0 spiro atoms. The second kappa shape index (κ2) is 5.03. The Labute approximate surface area is 95.5 Å². The number of furan rings is 2. The van der Waals surface area contributed by atoms with E-state index in [1.54, 1.807) is 12.5 Å². The fourth-order valence-corrected chi connectivity index (χ4v) is 1.80. The Morgan fingerprint density at radius 1 is 1.25 bits per heavy atom. The summed E-state index contributed by atoms with van der Waals surface area (Å²) in [6, 6.07) is 5.98. The quantitative estimate of drug-likeness (QED) is 0.838. The molecule has 2 rings (SSSR count). The molecule has 2 aromatic rings. The molecule has 0 saturated heterocycles. The van der Waals surface area contributed by atoms with Crippen LogP contribution >= 0.6 is 0 Å².